The first-order valence-corrected chi connectivity index (χ1v) is 6.08. The average molecular weight is 297 g/mol. The van der Waals surface area contributed by atoms with Gasteiger partial charge in [-0.05, 0) is 47.1 Å². The minimum atomic E-state index is -0.754. The van der Waals surface area contributed by atoms with Crippen LogP contribution < -0.4 is 4.74 Å². The molecule has 1 aromatic heterocycles. The third-order valence-corrected chi connectivity index (χ3v) is 2.98. The van der Waals surface area contributed by atoms with E-state index >= 15 is 0 Å². The highest BCUT2D eigenvalue weighted by Crippen LogP contribution is 2.25. The van der Waals surface area contributed by atoms with E-state index in [1.165, 1.54) is 0 Å². The van der Waals surface area contributed by atoms with Crippen LogP contribution in [0.15, 0.2) is 45.3 Å². The number of ether oxygens (including phenoxy) is 1. The van der Waals surface area contributed by atoms with E-state index in [9.17, 15) is 5.11 Å². The Labute approximate surface area is 108 Å². The highest BCUT2D eigenvalue weighted by molar-refractivity contribution is 9.10. The molecule has 0 saturated heterocycles. The number of hydrogen-bond donors (Lipinski definition) is 1. The van der Waals surface area contributed by atoms with Gasteiger partial charge in [0.1, 0.15) is 30.0 Å². The minimum absolute atomic E-state index is 0.162. The Morgan fingerprint density at radius 1 is 1.29 bits per heavy atom. The maximum atomic E-state index is 9.85. The van der Waals surface area contributed by atoms with Crippen molar-refractivity contribution in [1.82, 2.24) is 0 Å². The van der Waals surface area contributed by atoms with Gasteiger partial charge in [0.05, 0.1) is 4.47 Å². The van der Waals surface area contributed by atoms with Crippen molar-refractivity contribution in [1.29, 1.82) is 0 Å². The lowest BCUT2D eigenvalue weighted by atomic mass is 10.3. The molecular formula is C13H13BrO3. The molecule has 17 heavy (non-hydrogen) atoms. The average Bonchev–Trinajstić information content (AvgIpc) is 2.74. The number of rotatable bonds is 4. The Kier molecular flexibility index (Phi) is 3.86. The molecule has 1 aromatic carbocycles. The van der Waals surface area contributed by atoms with E-state index in [2.05, 4.69) is 15.9 Å². The Morgan fingerprint density at radius 3 is 2.71 bits per heavy atom. The number of furan rings is 1. The zero-order valence-electron chi connectivity index (χ0n) is 9.39. The Bertz CT molecular complexity index is 493. The van der Waals surface area contributed by atoms with Gasteiger partial charge in [-0.2, -0.15) is 0 Å². The SMILES string of the molecule is Cc1ccc(C(O)COc2ccccc2Br)o1. The fourth-order valence-corrected chi connectivity index (χ4v) is 1.84. The van der Waals surface area contributed by atoms with Crippen LogP contribution >= 0.6 is 15.9 Å². The lowest BCUT2D eigenvalue weighted by Gasteiger charge is -2.11. The molecule has 0 spiro atoms. The van der Waals surface area contributed by atoms with E-state index < -0.39 is 6.10 Å². The molecule has 2 aromatic rings. The predicted molar refractivity (Wildman–Crippen MR) is 68.0 cm³/mol. The monoisotopic (exact) mass is 296 g/mol. The van der Waals surface area contributed by atoms with Crippen molar-refractivity contribution >= 4 is 15.9 Å². The molecule has 0 aliphatic heterocycles. The topological polar surface area (TPSA) is 42.6 Å². The Balaban J connectivity index is 1.97. The van der Waals surface area contributed by atoms with Crippen molar-refractivity contribution in [2.24, 2.45) is 0 Å². The largest absolute Gasteiger partial charge is 0.489 e. The van der Waals surface area contributed by atoms with E-state index in [1.807, 2.05) is 37.3 Å². The molecule has 0 bridgehead atoms. The Hall–Kier alpha value is -1.26. The van der Waals surface area contributed by atoms with Crippen LogP contribution in [-0.4, -0.2) is 11.7 Å². The second-order valence-electron chi connectivity index (χ2n) is 3.71. The summed E-state index contributed by atoms with van der Waals surface area (Å²) in [5.74, 6) is 2.00. The van der Waals surface area contributed by atoms with Crippen molar-refractivity contribution in [3.05, 3.63) is 52.4 Å². The van der Waals surface area contributed by atoms with Crippen LogP contribution in [0.5, 0.6) is 5.75 Å². The number of aliphatic hydroxyl groups is 1. The number of hydrogen-bond acceptors (Lipinski definition) is 3. The molecule has 90 valence electrons. The van der Waals surface area contributed by atoms with Gasteiger partial charge in [0.2, 0.25) is 0 Å². The van der Waals surface area contributed by atoms with Crippen LogP contribution in [0, 0.1) is 6.92 Å². The van der Waals surface area contributed by atoms with Gasteiger partial charge >= 0.3 is 0 Å². The zero-order valence-corrected chi connectivity index (χ0v) is 11.0. The predicted octanol–water partition coefficient (Wildman–Crippen LogP) is 3.46. The van der Waals surface area contributed by atoms with Gasteiger partial charge in [0, 0.05) is 0 Å². The standard InChI is InChI=1S/C13H13BrO3/c1-9-6-7-13(17-9)11(15)8-16-12-5-3-2-4-10(12)14/h2-7,11,15H,8H2,1H3. The van der Waals surface area contributed by atoms with Gasteiger partial charge in [0.15, 0.2) is 0 Å². The van der Waals surface area contributed by atoms with Crippen LogP contribution in [0.3, 0.4) is 0 Å². The smallest absolute Gasteiger partial charge is 0.145 e. The van der Waals surface area contributed by atoms with Crippen LogP contribution in [-0.2, 0) is 0 Å². The number of para-hydroxylation sites is 1. The molecule has 0 aliphatic carbocycles. The third kappa shape index (κ3) is 3.11. The van der Waals surface area contributed by atoms with Crippen molar-refractivity contribution in [2.45, 2.75) is 13.0 Å². The van der Waals surface area contributed by atoms with Gasteiger partial charge in [-0.15, -0.1) is 0 Å². The quantitative estimate of drug-likeness (QED) is 0.939. The molecule has 1 heterocycles. The van der Waals surface area contributed by atoms with E-state index in [0.29, 0.717) is 11.5 Å². The van der Waals surface area contributed by atoms with Gasteiger partial charge in [-0.25, -0.2) is 0 Å². The molecule has 0 amide bonds. The summed E-state index contributed by atoms with van der Waals surface area (Å²) in [5.41, 5.74) is 0. The van der Waals surface area contributed by atoms with Crippen LogP contribution in [0.25, 0.3) is 0 Å². The van der Waals surface area contributed by atoms with Crippen LogP contribution in [0.2, 0.25) is 0 Å². The van der Waals surface area contributed by atoms with Gasteiger partial charge in [0.25, 0.3) is 0 Å². The lowest BCUT2D eigenvalue weighted by Crippen LogP contribution is -2.09. The zero-order chi connectivity index (χ0) is 12.3. The fraction of sp³-hybridized carbons (Fsp3) is 0.231. The van der Waals surface area contributed by atoms with Crippen LogP contribution in [0.1, 0.15) is 17.6 Å². The summed E-state index contributed by atoms with van der Waals surface area (Å²) < 4.78 is 11.7. The first-order valence-electron chi connectivity index (χ1n) is 5.28. The molecule has 4 heteroatoms. The summed E-state index contributed by atoms with van der Waals surface area (Å²) in [6.45, 7) is 2.00. The molecule has 0 saturated carbocycles. The summed E-state index contributed by atoms with van der Waals surface area (Å²) in [6.07, 6.45) is -0.754. The molecule has 2 rings (SSSR count). The summed E-state index contributed by atoms with van der Waals surface area (Å²) in [7, 11) is 0. The van der Waals surface area contributed by atoms with Gasteiger partial charge in [-0.1, -0.05) is 12.1 Å². The molecule has 3 nitrogen and oxygen atoms in total. The molecule has 1 atom stereocenters. The van der Waals surface area contributed by atoms with Crippen molar-refractivity contribution in [3.63, 3.8) is 0 Å². The molecule has 0 fully saturated rings. The van der Waals surface area contributed by atoms with Gasteiger partial charge in [-0.3, -0.25) is 0 Å². The lowest BCUT2D eigenvalue weighted by molar-refractivity contribution is 0.0877. The maximum Gasteiger partial charge on any atom is 0.145 e. The minimum Gasteiger partial charge on any atom is -0.489 e. The molecule has 0 radical (unpaired) electrons. The highest BCUT2D eigenvalue weighted by Gasteiger charge is 2.12. The highest BCUT2D eigenvalue weighted by atomic mass is 79.9. The molecular weight excluding hydrogens is 284 g/mol. The summed E-state index contributed by atoms with van der Waals surface area (Å²) in [4.78, 5) is 0. The second kappa shape index (κ2) is 5.38. The van der Waals surface area contributed by atoms with Gasteiger partial charge < -0.3 is 14.3 Å². The summed E-state index contributed by atoms with van der Waals surface area (Å²) >= 11 is 3.38. The summed E-state index contributed by atoms with van der Waals surface area (Å²) in [5, 5.41) is 9.85. The van der Waals surface area contributed by atoms with Crippen molar-refractivity contribution < 1.29 is 14.3 Å². The number of aliphatic hydroxyl groups excluding tert-OH is 1. The van der Waals surface area contributed by atoms with Crippen molar-refractivity contribution in [2.75, 3.05) is 6.61 Å². The first-order chi connectivity index (χ1) is 8.16. The fourth-order valence-electron chi connectivity index (χ4n) is 1.45. The number of halogens is 1. The van der Waals surface area contributed by atoms with E-state index in [-0.39, 0.29) is 6.61 Å². The summed E-state index contributed by atoms with van der Waals surface area (Å²) in [6, 6.07) is 11.1. The molecule has 1 N–H and O–H groups in total. The molecule has 0 aliphatic rings. The first kappa shape index (κ1) is 12.2. The van der Waals surface area contributed by atoms with Crippen LogP contribution in [0.4, 0.5) is 0 Å². The maximum absolute atomic E-state index is 9.85. The van der Waals surface area contributed by atoms with E-state index in [0.717, 1.165) is 10.2 Å². The van der Waals surface area contributed by atoms with E-state index in [1.54, 1.807) is 6.07 Å². The van der Waals surface area contributed by atoms with Crippen molar-refractivity contribution in [3.8, 4) is 5.75 Å². The second-order valence-corrected chi connectivity index (χ2v) is 4.56. The molecule has 1 unspecified atom stereocenters. The van der Waals surface area contributed by atoms with E-state index in [4.69, 9.17) is 9.15 Å². The number of benzene rings is 1. The third-order valence-electron chi connectivity index (χ3n) is 2.32. The number of aryl methyl sites for hydroxylation is 1. The Morgan fingerprint density at radius 2 is 2.06 bits per heavy atom. The normalized spacial score (nSPS) is 12.4.